The third-order valence-electron chi connectivity index (χ3n) is 5.86. The molecule has 1 aromatic heterocycles. The maximum atomic E-state index is 13.4. The van der Waals surface area contributed by atoms with E-state index < -0.39 is 15.3 Å². The number of H-pyrrole nitrogens is 1. The van der Waals surface area contributed by atoms with Crippen LogP contribution in [0.15, 0.2) is 41.3 Å². The summed E-state index contributed by atoms with van der Waals surface area (Å²) in [6.45, 7) is 4.39. The molecule has 0 aliphatic heterocycles. The number of aromatic amines is 1. The van der Waals surface area contributed by atoms with Gasteiger partial charge in [0.1, 0.15) is 0 Å². The fraction of sp³-hybridized carbons (Fsp3) is 0.304. The van der Waals surface area contributed by atoms with E-state index in [4.69, 9.17) is 0 Å². The van der Waals surface area contributed by atoms with Crippen LogP contribution in [0.2, 0.25) is 0 Å². The van der Waals surface area contributed by atoms with E-state index in [-0.39, 0.29) is 16.4 Å². The second-order valence-electron chi connectivity index (χ2n) is 8.53. The van der Waals surface area contributed by atoms with Crippen molar-refractivity contribution in [1.82, 2.24) is 9.88 Å². The number of hydrogen-bond donors (Lipinski definition) is 1. The molecule has 3 aromatic rings. The summed E-state index contributed by atoms with van der Waals surface area (Å²) < 4.78 is 25.6. The molecule has 0 amide bonds. The highest BCUT2D eigenvalue weighted by Gasteiger charge is 2.40. The monoisotopic (exact) mass is 421 g/mol. The number of hydrogen-bond acceptors (Lipinski definition) is 5. The van der Waals surface area contributed by atoms with E-state index in [1.807, 2.05) is 32.8 Å². The molecule has 1 N–H and O–H groups in total. The van der Waals surface area contributed by atoms with Gasteiger partial charge < -0.3 is 9.88 Å². The summed E-state index contributed by atoms with van der Waals surface area (Å²) in [5.74, 6) is -0.116. The summed E-state index contributed by atoms with van der Waals surface area (Å²) >= 11 is 0. The van der Waals surface area contributed by atoms with Crippen molar-refractivity contribution in [2.24, 2.45) is 0 Å². The lowest BCUT2D eigenvalue weighted by Gasteiger charge is -2.32. The highest BCUT2D eigenvalue weighted by atomic mass is 32.2. The predicted octanol–water partition coefficient (Wildman–Crippen LogP) is 3.25. The van der Waals surface area contributed by atoms with Gasteiger partial charge in [0.25, 0.3) is 0 Å². The quantitative estimate of drug-likeness (QED) is 0.698. The lowest BCUT2D eigenvalue weighted by Crippen LogP contribution is -2.31. The number of rotatable bonds is 4. The van der Waals surface area contributed by atoms with E-state index in [1.165, 1.54) is 6.07 Å². The lowest BCUT2D eigenvalue weighted by atomic mass is 9.71. The largest absolute Gasteiger partial charge is 0.357 e. The van der Waals surface area contributed by atoms with E-state index in [1.54, 1.807) is 30.3 Å². The molecule has 1 heterocycles. The Hall–Kier alpha value is -2.95. The number of ketones is 1. The Morgan fingerprint density at radius 2 is 1.87 bits per heavy atom. The van der Waals surface area contributed by atoms with Crippen LogP contribution in [0.3, 0.4) is 0 Å². The Morgan fingerprint density at radius 1 is 1.13 bits per heavy atom. The minimum absolute atomic E-state index is 0.0156. The van der Waals surface area contributed by atoms with E-state index in [9.17, 15) is 18.5 Å². The van der Waals surface area contributed by atoms with Crippen molar-refractivity contribution in [2.45, 2.75) is 24.2 Å². The Bertz CT molecular complexity index is 1340. The zero-order valence-corrected chi connectivity index (χ0v) is 18.2. The third kappa shape index (κ3) is 3.04. The molecule has 0 fully saturated rings. The van der Waals surface area contributed by atoms with Crippen LogP contribution in [-0.4, -0.2) is 50.5 Å². The summed E-state index contributed by atoms with van der Waals surface area (Å²) in [5, 5.41) is 9.96. The van der Waals surface area contributed by atoms with Crippen LogP contribution >= 0.6 is 0 Å². The van der Waals surface area contributed by atoms with Gasteiger partial charge in [0.05, 0.1) is 27.8 Å². The van der Waals surface area contributed by atoms with Crippen molar-refractivity contribution < 1.29 is 13.2 Å². The maximum Gasteiger partial charge on any atom is 0.195 e. The van der Waals surface area contributed by atoms with Gasteiger partial charge in [0.2, 0.25) is 0 Å². The molecular weight excluding hydrogens is 398 g/mol. The van der Waals surface area contributed by atoms with Crippen molar-refractivity contribution in [3.63, 3.8) is 0 Å². The number of aromatic nitrogens is 1. The van der Waals surface area contributed by atoms with E-state index >= 15 is 0 Å². The molecule has 0 unspecified atom stereocenters. The Labute approximate surface area is 176 Å². The molecule has 0 atom stereocenters. The molecule has 1 aliphatic rings. The van der Waals surface area contributed by atoms with Gasteiger partial charge in [-0.05, 0) is 50.0 Å². The zero-order chi connectivity index (χ0) is 21.8. The van der Waals surface area contributed by atoms with Crippen LogP contribution in [0, 0.1) is 11.3 Å². The van der Waals surface area contributed by atoms with E-state index in [0.29, 0.717) is 28.8 Å². The first-order valence-electron chi connectivity index (χ1n) is 9.69. The molecule has 0 bridgehead atoms. The topological polar surface area (TPSA) is 94.0 Å². The molecule has 30 heavy (non-hydrogen) atoms. The van der Waals surface area contributed by atoms with Crippen molar-refractivity contribution in [1.29, 1.82) is 5.26 Å². The van der Waals surface area contributed by atoms with Gasteiger partial charge in [0.15, 0.2) is 15.6 Å². The van der Waals surface area contributed by atoms with Gasteiger partial charge in [0, 0.05) is 34.1 Å². The van der Waals surface area contributed by atoms with Crippen LogP contribution in [-0.2, 0) is 15.3 Å². The second-order valence-corrected chi connectivity index (χ2v) is 10.6. The minimum Gasteiger partial charge on any atom is -0.357 e. The summed E-state index contributed by atoms with van der Waals surface area (Å²) in [5.41, 5.74) is 3.19. The van der Waals surface area contributed by atoms with Gasteiger partial charge in [-0.3, -0.25) is 4.79 Å². The molecule has 7 heteroatoms. The molecule has 1 aliphatic carbocycles. The number of carbonyl (C=O) groups is 1. The number of benzene rings is 2. The molecule has 0 spiro atoms. The molecular formula is C23H23N3O3S. The number of sulfone groups is 1. The fourth-order valence-electron chi connectivity index (χ4n) is 4.09. The Kier molecular flexibility index (Phi) is 4.60. The van der Waals surface area contributed by atoms with Crippen LogP contribution in [0.5, 0.6) is 0 Å². The molecule has 0 saturated carbocycles. The summed E-state index contributed by atoms with van der Waals surface area (Å²) in [4.78, 5) is 18.7. The SMILES string of the molecule is CN(C)CCS(=O)(=O)c1ccc2c(c1)C(C)(C)c1[nH]c3cc(C#N)ccc3c1C2=O. The van der Waals surface area contributed by atoms with Gasteiger partial charge in [-0.2, -0.15) is 5.26 Å². The van der Waals surface area contributed by atoms with Crippen LogP contribution in [0.4, 0.5) is 0 Å². The smallest absolute Gasteiger partial charge is 0.195 e. The summed E-state index contributed by atoms with van der Waals surface area (Å²) in [7, 11) is 0.199. The molecule has 2 aromatic carbocycles. The van der Waals surface area contributed by atoms with Crippen molar-refractivity contribution in [2.75, 3.05) is 26.4 Å². The van der Waals surface area contributed by atoms with Crippen molar-refractivity contribution in [3.8, 4) is 6.07 Å². The molecule has 6 nitrogen and oxygen atoms in total. The zero-order valence-electron chi connectivity index (χ0n) is 17.4. The minimum atomic E-state index is -3.47. The number of carbonyl (C=O) groups excluding carboxylic acids is 1. The average molecular weight is 422 g/mol. The normalized spacial score (nSPS) is 15.1. The first kappa shape index (κ1) is 20.3. The first-order valence-corrected chi connectivity index (χ1v) is 11.3. The molecule has 0 radical (unpaired) electrons. The molecule has 0 saturated heterocycles. The number of fused-ring (bicyclic) bond motifs is 4. The first-order chi connectivity index (χ1) is 14.1. The molecule has 4 rings (SSSR count). The van der Waals surface area contributed by atoms with E-state index in [2.05, 4.69) is 11.1 Å². The van der Waals surface area contributed by atoms with Crippen molar-refractivity contribution in [3.05, 3.63) is 64.3 Å². The average Bonchev–Trinajstić information content (AvgIpc) is 3.10. The van der Waals surface area contributed by atoms with Gasteiger partial charge in [-0.15, -0.1) is 0 Å². The van der Waals surface area contributed by atoms with Crippen molar-refractivity contribution >= 4 is 26.5 Å². The fourth-order valence-corrected chi connectivity index (χ4v) is 5.51. The number of nitriles is 1. The highest BCUT2D eigenvalue weighted by molar-refractivity contribution is 7.91. The van der Waals surface area contributed by atoms with E-state index in [0.717, 1.165) is 16.6 Å². The van der Waals surface area contributed by atoms with Gasteiger partial charge in [-0.25, -0.2) is 8.42 Å². The van der Waals surface area contributed by atoms with Crippen LogP contribution < -0.4 is 0 Å². The second kappa shape index (κ2) is 6.79. The highest BCUT2D eigenvalue weighted by Crippen LogP contribution is 2.44. The third-order valence-corrected chi connectivity index (χ3v) is 7.55. The Morgan fingerprint density at radius 3 is 2.53 bits per heavy atom. The Balaban J connectivity index is 1.88. The molecule has 154 valence electrons. The maximum absolute atomic E-state index is 13.4. The summed E-state index contributed by atoms with van der Waals surface area (Å²) in [6.07, 6.45) is 0. The van der Waals surface area contributed by atoms with Crippen LogP contribution in [0.25, 0.3) is 10.9 Å². The van der Waals surface area contributed by atoms with Gasteiger partial charge >= 0.3 is 0 Å². The standard InChI is InChI=1S/C23H23N3O3S/c1-23(2)18-12-15(30(28,29)10-9-26(3)4)6-8-16(18)21(27)20-17-7-5-14(13-24)11-19(17)25-22(20)23/h5-8,11-12,25H,9-10H2,1-4H3. The number of nitrogens with one attached hydrogen (secondary N) is 1. The summed E-state index contributed by atoms with van der Waals surface area (Å²) in [6, 6.07) is 12.2. The van der Waals surface area contributed by atoms with Crippen LogP contribution in [0.1, 0.15) is 46.6 Å². The predicted molar refractivity (Wildman–Crippen MR) is 116 cm³/mol. The number of nitrogens with zero attached hydrogens (tertiary/aromatic N) is 2. The lowest BCUT2D eigenvalue weighted by molar-refractivity contribution is 0.103. The van der Waals surface area contributed by atoms with Gasteiger partial charge in [-0.1, -0.05) is 19.9 Å².